The van der Waals surface area contributed by atoms with E-state index in [1.54, 1.807) is 0 Å². The number of primary amides is 1. The lowest BCUT2D eigenvalue weighted by Gasteiger charge is -2.20. The lowest BCUT2D eigenvalue weighted by Crippen LogP contribution is -2.56. The number of carbonyl (C=O) groups is 4. The van der Waals surface area contributed by atoms with Crippen molar-refractivity contribution in [3.05, 3.63) is 0 Å². The zero-order chi connectivity index (χ0) is 21.1. The summed E-state index contributed by atoms with van der Waals surface area (Å²) in [5.41, 5.74) is 10.5. The van der Waals surface area contributed by atoms with Crippen LogP contribution in [0.5, 0.6) is 0 Å². The molecule has 0 saturated carbocycles. The van der Waals surface area contributed by atoms with Crippen molar-refractivity contribution in [2.45, 2.75) is 24.3 Å². The lowest BCUT2D eigenvalue weighted by molar-refractivity contribution is -0.192. The van der Waals surface area contributed by atoms with Gasteiger partial charge in [0.2, 0.25) is 17.7 Å². The maximum atomic E-state index is 11.8. The molecule has 0 unspecified atom stereocenters. The molecule has 7 N–H and O–H groups in total. The summed E-state index contributed by atoms with van der Waals surface area (Å²) in [6.45, 7) is 0. The van der Waals surface area contributed by atoms with Gasteiger partial charge in [-0.25, -0.2) is 4.79 Å². The highest BCUT2D eigenvalue weighted by Gasteiger charge is 2.38. The van der Waals surface area contributed by atoms with Crippen molar-refractivity contribution >= 4 is 61.6 Å². The fourth-order valence-corrected chi connectivity index (χ4v) is 1.73. The molecule has 26 heavy (non-hydrogen) atoms. The summed E-state index contributed by atoms with van der Waals surface area (Å²) < 4.78 is 31.7. The molecule has 0 aliphatic carbocycles. The number of thiol groups is 3. The van der Waals surface area contributed by atoms with Crippen LogP contribution in [0.3, 0.4) is 0 Å². The standard InChI is InChI=1S/C9H18N4O3S3.C2HF3O2/c10-4(1-17)8(15)13-6(3-19)9(16)12-5(2-18)7(11)14;3-2(4,5)1(6)7/h4-6,17-19H,1-3,10H2,(H2,11,14)(H,12,16)(H,13,15);(H,6,7)/t4-,5-,6-;/m0./s1. The summed E-state index contributed by atoms with van der Waals surface area (Å²) in [5, 5.41) is 11.9. The van der Waals surface area contributed by atoms with Crippen LogP contribution in [0.2, 0.25) is 0 Å². The van der Waals surface area contributed by atoms with Crippen LogP contribution in [0.25, 0.3) is 0 Å². The number of amides is 3. The number of carboxylic acid groups (broad SMARTS) is 1. The Bertz CT molecular complexity index is 510. The van der Waals surface area contributed by atoms with Crippen molar-refractivity contribution in [2.24, 2.45) is 11.5 Å². The van der Waals surface area contributed by atoms with Gasteiger partial charge in [-0.05, 0) is 0 Å². The molecule has 0 bridgehead atoms. The van der Waals surface area contributed by atoms with Crippen molar-refractivity contribution in [3.8, 4) is 0 Å². The third-order valence-electron chi connectivity index (χ3n) is 2.43. The highest BCUT2D eigenvalue weighted by atomic mass is 32.1. The number of hydrogen-bond acceptors (Lipinski definition) is 8. The number of hydrogen-bond donors (Lipinski definition) is 8. The Kier molecular flexibility index (Phi) is 13.4. The van der Waals surface area contributed by atoms with E-state index in [0.29, 0.717) is 0 Å². The Morgan fingerprint density at radius 1 is 0.923 bits per heavy atom. The zero-order valence-corrected chi connectivity index (χ0v) is 15.7. The fourth-order valence-electron chi connectivity index (χ4n) is 1.03. The summed E-state index contributed by atoms with van der Waals surface area (Å²) >= 11 is 11.7. The summed E-state index contributed by atoms with van der Waals surface area (Å²) in [7, 11) is 0. The highest BCUT2D eigenvalue weighted by Crippen LogP contribution is 2.13. The minimum Gasteiger partial charge on any atom is -0.475 e. The van der Waals surface area contributed by atoms with E-state index < -0.39 is 48.0 Å². The molecule has 9 nitrogen and oxygen atoms in total. The number of carboxylic acids is 1. The number of alkyl halides is 3. The van der Waals surface area contributed by atoms with Gasteiger partial charge in [-0.2, -0.15) is 51.1 Å². The first-order valence-electron chi connectivity index (χ1n) is 6.60. The van der Waals surface area contributed by atoms with Crippen molar-refractivity contribution in [1.82, 2.24) is 10.6 Å². The van der Waals surface area contributed by atoms with Gasteiger partial charge in [0.1, 0.15) is 12.1 Å². The van der Waals surface area contributed by atoms with E-state index in [2.05, 4.69) is 48.5 Å². The molecule has 0 spiro atoms. The molecule has 0 fully saturated rings. The number of nitrogens with two attached hydrogens (primary N) is 2. The van der Waals surface area contributed by atoms with Gasteiger partial charge in [0.25, 0.3) is 0 Å². The van der Waals surface area contributed by atoms with Crippen LogP contribution < -0.4 is 22.1 Å². The average molecular weight is 440 g/mol. The topological polar surface area (TPSA) is 165 Å². The van der Waals surface area contributed by atoms with E-state index in [9.17, 15) is 27.6 Å². The minimum atomic E-state index is -5.08. The maximum Gasteiger partial charge on any atom is 0.490 e. The van der Waals surface area contributed by atoms with Crippen molar-refractivity contribution in [2.75, 3.05) is 17.3 Å². The molecule has 0 aromatic heterocycles. The van der Waals surface area contributed by atoms with Crippen LogP contribution >= 0.6 is 37.9 Å². The second kappa shape index (κ2) is 12.9. The Hall–Kier alpha value is -1.32. The third-order valence-corrected chi connectivity index (χ3v) is 3.56. The van der Waals surface area contributed by atoms with E-state index in [1.165, 1.54) is 0 Å². The average Bonchev–Trinajstić information content (AvgIpc) is 2.55. The maximum absolute atomic E-state index is 11.8. The highest BCUT2D eigenvalue weighted by molar-refractivity contribution is 7.80. The van der Waals surface area contributed by atoms with Gasteiger partial charge in [0.15, 0.2) is 0 Å². The molecule has 0 saturated heterocycles. The van der Waals surface area contributed by atoms with Gasteiger partial charge in [0.05, 0.1) is 6.04 Å². The SMILES string of the molecule is NC(=O)[C@H](CS)NC(=O)[C@H](CS)NC(=O)[C@@H](N)CS.O=C(O)C(F)(F)F. The summed E-state index contributed by atoms with van der Waals surface area (Å²) in [6, 6.07) is -2.65. The smallest absolute Gasteiger partial charge is 0.475 e. The number of nitrogens with one attached hydrogen (secondary N) is 2. The van der Waals surface area contributed by atoms with Crippen LogP contribution in [0.4, 0.5) is 13.2 Å². The first-order valence-corrected chi connectivity index (χ1v) is 8.49. The number of aliphatic carboxylic acids is 1. The molecule has 0 heterocycles. The van der Waals surface area contributed by atoms with Crippen molar-refractivity contribution in [3.63, 3.8) is 0 Å². The van der Waals surface area contributed by atoms with Crippen LogP contribution in [0.15, 0.2) is 0 Å². The van der Waals surface area contributed by atoms with Gasteiger partial charge >= 0.3 is 12.1 Å². The minimum absolute atomic E-state index is 0.0505. The van der Waals surface area contributed by atoms with Gasteiger partial charge in [-0.15, -0.1) is 0 Å². The Labute approximate surface area is 163 Å². The molecule has 0 aromatic carbocycles. The quantitative estimate of drug-likeness (QED) is 0.207. The van der Waals surface area contributed by atoms with E-state index in [1.807, 2.05) is 0 Å². The first kappa shape index (κ1) is 26.9. The summed E-state index contributed by atoms with van der Waals surface area (Å²) in [6.07, 6.45) is -5.08. The molecule has 0 aromatic rings. The second-order valence-electron chi connectivity index (χ2n) is 4.48. The lowest BCUT2D eigenvalue weighted by atomic mass is 10.2. The van der Waals surface area contributed by atoms with E-state index in [-0.39, 0.29) is 17.3 Å². The third kappa shape index (κ3) is 11.3. The van der Waals surface area contributed by atoms with Crippen LogP contribution in [0.1, 0.15) is 0 Å². The largest absolute Gasteiger partial charge is 0.490 e. The molecule has 0 radical (unpaired) electrons. The molecule has 0 aliphatic heterocycles. The number of carbonyl (C=O) groups excluding carboxylic acids is 3. The van der Waals surface area contributed by atoms with Crippen LogP contribution in [-0.2, 0) is 19.2 Å². The molecule has 3 atom stereocenters. The molecular weight excluding hydrogens is 421 g/mol. The monoisotopic (exact) mass is 440 g/mol. The Balaban J connectivity index is 0. The normalized spacial score (nSPS) is 14.1. The van der Waals surface area contributed by atoms with Gasteiger partial charge in [-0.3, -0.25) is 14.4 Å². The summed E-state index contributed by atoms with van der Waals surface area (Å²) in [4.78, 5) is 43.2. The second-order valence-corrected chi connectivity index (χ2v) is 5.58. The van der Waals surface area contributed by atoms with Crippen LogP contribution in [0, 0.1) is 0 Å². The van der Waals surface area contributed by atoms with Gasteiger partial charge < -0.3 is 27.2 Å². The predicted octanol–water partition coefficient (Wildman–Crippen LogP) is -1.81. The Morgan fingerprint density at radius 3 is 1.58 bits per heavy atom. The summed E-state index contributed by atoms with van der Waals surface area (Å²) in [5.74, 6) is -4.31. The van der Waals surface area contributed by atoms with Crippen molar-refractivity contribution in [1.29, 1.82) is 0 Å². The van der Waals surface area contributed by atoms with Crippen molar-refractivity contribution < 1.29 is 37.5 Å². The van der Waals surface area contributed by atoms with E-state index >= 15 is 0 Å². The zero-order valence-electron chi connectivity index (χ0n) is 13.1. The van der Waals surface area contributed by atoms with Crippen LogP contribution in [-0.4, -0.2) is 70.4 Å². The first-order chi connectivity index (χ1) is 11.8. The number of rotatable bonds is 8. The fraction of sp³-hybridized carbons (Fsp3) is 0.636. The number of halogens is 3. The van der Waals surface area contributed by atoms with E-state index in [0.717, 1.165) is 0 Å². The molecule has 152 valence electrons. The molecule has 0 aliphatic rings. The van der Waals surface area contributed by atoms with E-state index in [4.69, 9.17) is 21.4 Å². The molecule has 15 heteroatoms. The van der Waals surface area contributed by atoms with Gasteiger partial charge in [0, 0.05) is 17.3 Å². The molecule has 0 rings (SSSR count). The Morgan fingerprint density at radius 2 is 1.31 bits per heavy atom. The predicted molar refractivity (Wildman–Crippen MR) is 96.3 cm³/mol. The molecular formula is C11H19F3N4O5S3. The molecule has 3 amide bonds. The van der Waals surface area contributed by atoms with Gasteiger partial charge in [-0.1, -0.05) is 0 Å².